The monoisotopic (exact) mass is 291 g/mol. The van der Waals surface area contributed by atoms with Crippen LogP contribution in [0.15, 0.2) is 53.1 Å². The lowest BCUT2D eigenvalue weighted by atomic mass is 9.94. The predicted octanol–water partition coefficient (Wildman–Crippen LogP) is 5.75. The minimum Gasteiger partial charge on any atom is -0.360 e. The van der Waals surface area contributed by atoms with Gasteiger partial charge in [-0.15, -0.1) is 0 Å². The van der Waals surface area contributed by atoms with Gasteiger partial charge in [0.25, 0.3) is 0 Å². The van der Waals surface area contributed by atoms with Gasteiger partial charge in [-0.05, 0) is 19.4 Å². The van der Waals surface area contributed by atoms with Crippen molar-refractivity contribution in [2.45, 2.75) is 33.6 Å². The average molecular weight is 291 g/mol. The van der Waals surface area contributed by atoms with Gasteiger partial charge in [0.05, 0.1) is 5.56 Å². The molecule has 1 heterocycles. The fourth-order valence-corrected chi connectivity index (χ4v) is 2.60. The van der Waals surface area contributed by atoms with Crippen molar-refractivity contribution in [1.29, 1.82) is 0 Å². The van der Waals surface area contributed by atoms with Crippen LogP contribution in [0.4, 0.5) is 0 Å². The molecule has 0 spiro atoms. The van der Waals surface area contributed by atoms with Crippen LogP contribution in [0.3, 0.4) is 0 Å². The molecule has 112 valence electrons. The van der Waals surface area contributed by atoms with Crippen molar-refractivity contribution in [1.82, 2.24) is 5.16 Å². The Bertz CT molecular complexity index is 764. The number of aromatic nitrogens is 1. The smallest absolute Gasteiger partial charge is 0.147 e. The highest BCUT2D eigenvalue weighted by atomic mass is 16.5. The van der Waals surface area contributed by atoms with E-state index in [0.717, 1.165) is 28.1 Å². The van der Waals surface area contributed by atoms with E-state index in [0.29, 0.717) is 5.92 Å². The van der Waals surface area contributed by atoms with Gasteiger partial charge in [-0.2, -0.15) is 0 Å². The zero-order valence-electron chi connectivity index (χ0n) is 13.6. The molecule has 0 fully saturated rings. The number of benzene rings is 2. The van der Waals surface area contributed by atoms with Crippen LogP contribution in [-0.2, 0) is 0 Å². The number of nitrogens with zero attached hydrogens (tertiary/aromatic N) is 1. The normalized spacial score (nSPS) is 11.1. The van der Waals surface area contributed by atoms with E-state index in [-0.39, 0.29) is 0 Å². The zero-order valence-corrected chi connectivity index (χ0v) is 13.6. The minimum atomic E-state index is 0.294. The summed E-state index contributed by atoms with van der Waals surface area (Å²) in [6.07, 6.45) is 0. The quantitative estimate of drug-likeness (QED) is 0.614. The number of aryl methyl sites for hydroxylation is 2. The maximum absolute atomic E-state index is 5.68. The Labute approximate surface area is 131 Å². The Balaban J connectivity index is 2.19. The van der Waals surface area contributed by atoms with Crippen LogP contribution in [0.25, 0.3) is 22.4 Å². The number of rotatable bonds is 3. The summed E-state index contributed by atoms with van der Waals surface area (Å²) < 4.78 is 5.68. The van der Waals surface area contributed by atoms with E-state index < -0.39 is 0 Å². The second-order valence-electron chi connectivity index (χ2n) is 6.16. The molecule has 0 amide bonds. The first-order valence-corrected chi connectivity index (χ1v) is 7.70. The number of hydrogen-bond acceptors (Lipinski definition) is 2. The van der Waals surface area contributed by atoms with Crippen molar-refractivity contribution in [2.24, 2.45) is 0 Å². The van der Waals surface area contributed by atoms with Crippen LogP contribution in [0.2, 0.25) is 0 Å². The summed E-state index contributed by atoms with van der Waals surface area (Å²) in [6.45, 7) is 8.46. The van der Waals surface area contributed by atoms with E-state index in [2.05, 4.69) is 81.4 Å². The van der Waals surface area contributed by atoms with E-state index in [1.807, 2.05) is 0 Å². The third-order valence-electron chi connectivity index (χ3n) is 3.91. The van der Waals surface area contributed by atoms with Crippen molar-refractivity contribution in [3.8, 4) is 22.4 Å². The Morgan fingerprint density at radius 3 is 1.77 bits per heavy atom. The molecule has 0 aliphatic heterocycles. The Hall–Kier alpha value is -2.35. The highest BCUT2D eigenvalue weighted by molar-refractivity contribution is 5.82. The molecule has 0 aliphatic rings. The fraction of sp³-hybridized carbons (Fsp3) is 0.250. The van der Waals surface area contributed by atoms with Gasteiger partial charge >= 0.3 is 0 Å². The van der Waals surface area contributed by atoms with E-state index in [1.54, 1.807) is 0 Å². The van der Waals surface area contributed by atoms with Crippen LogP contribution >= 0.6 is 0 Å². The van der Waals surface area contributed by atoms with Gasteiger partial charge in [-0.1, -0.05) is 78.7 Å². The van der Waals surface area contributed by atoms with Gasteiger partial charge in [-0.3, -0.25) is 0 Å². The Morgan fingerprint density at radius 2 is 1.27 bits per heavy atom. The molecule has 0 unspecified atom stereocenters. The van der Waals surface area contributed by atoms with E-state index >= 15 is 0 Å². The predicted molar refractivity (Wildman–Crippen MR) is 90.9 cm³/mol. The standard InChI is InChI=1S/C20H21NO/c1-13(2)20-18(16-9-5-14(3)6-10-16)19(21-22-20)17-11-7-15(4)8-12-17/h5-13H,1-4H3. The molecule has 0 radical (unpaired) electrons. The molecule has 3 rings (SSSR count). The topological polar surface area (TPSA) is 26.0 Å². The Morgan fingerprint density at radius 1 is 0.773 bits per heavy atom. The fourth-order valence-electron chi connectivity index (χ4n) is 2.60. The largest absolute Gasteiger partial charge is 0.360 e. The van der Waals surface area contributed by atoms with Gasteiger partial charge in [0.1, 0.15) is 11.5 Å². The van der Waals surface area contributed by atoms with Crippen molar-refractivity contribution in [3.05, 3.63) is 65.4 Å². The molecule has 0 saturated carbocycles. The second kappa shape index (κ2) is 5.80. The van der Waals surface area contributed by atoms with Crippen molar-refractivity contribution >= 4 is 0 Å². The van der Waals surface area contributed by atoms with Crippen molar-refractivity contribution < 1.29 is 4.52 Å². The third-order valence-corrected chi connectivity index (χ3v) is 3.91. The molecule has 1 aromatic heterocycles. The summed E-state index contributed by atoms with van der Waals surface area (Å²) in [7, 11) is 0. The van der Waals surface area contributed by atoms with E-state index in [1.165, 1.54) is 11.1 Å². The summed E-state index contributed by atoms with van der Waals surface area (Å²) in [5.41, 5.74) is 6.78. The molecular weight excluding hydrogens is 270 g/mol. The molecular formula is C20H21NO. The molecule has 0 bridgehead atoms. The highest BCUT2D eigenvalue weighted by Crippen LogP contribution is 2.37. The first kappa shape index (κ1) is 14.6. The van der Waals surface area contributed by atoms with E-state index in [9.17, 15) is 0 Å². The molecule has 2 heteroatoms. The zero-order chi connectivity index (χ0) is 15.7. The Kier molecular flexibility index (Phi) is 3.84. The SMILES string of the molecule is Cc1ccc(-c2noc(C(C)C)c2-c2ccc(C)cc2)cc1. The maximum atomic E-state index is 5.68. The lowest BCUT2D eigenvalue weighted by molar-refractivity contribution is 0.373. The minimum absolute atomic E-state index is 0.294. The van der Waals surface area contributed by atoms with Crippen LogP contribution in [0.5, 0.6) is 0 Å². The van der Waals surface area contributed by atoms with Crippen molar-refractivity contribution in [3.63, 3.8) is 0 Å². The van der Waals surface area contributed by atoms with Gasteiger partial charge in [0.15, 0.2) is 0 Å². The first-order chi connectivity index (χ1) is 10.6. The van der Waals surface area contributed by atoms with Gasteiger partial charge in [0, 0.05) is 11.5 Å². The van der Waals surface area contributed by atoms with Crippen LogP contribution in [0.1, 0.15) is 36.7 Å². The lowest BCUT2D eigenvalue weighted by Gasteiger charge is -2.07. The van der Waals surface area contributed by atoms with Crippen molar-refractivity contribution in [2.75, 3.05) is 0 Å². The third kappa shape index (κ3) is 2.69. The van der Waals surface area contributed by atoms with Gasteiger partial charge in [0.2, 0.25) is 0 Å². The average Bonchev–Trinajstić information content (AvgIpc) is 2.94. The van der Waals surface area contributed by atoms with Gasteiger partial charge in [-0.25, -0.2) is 0 Å². The van der Waals surface area contributed by atoms with Gasteiger partial charge < -0.3 is 4.52 Å². The van der Waals surface area contributed by atoms with Crippen LogP contribution < -0.4 is 0 Å². The maximum Gasteiger partial charge on any atom is 0.147 e. The molecule has 2 nitrogen and oxygen atoms in total. The molecule has 3 aromatic rings. The summed E-state index contributed by atoms with van der Waals surface area (Å²) in [5.74, 6) is 1.24. The summed E-state index contributed by atoms with van der Waals surface area (Å²) in [6, 6.07) is 17.0. The molecule has 0 N–H and O–H groups in total. The molecule has 0 saturated heterocycles. The molecule has 22 heavy (non-hydrogen) atoms. The lowest BCUT2D eigenvalue weighted by Crippen LogP contribution is -1.90. The van der Waals surface area contributed by atoms with E-state index in [4.69, 9.17) is 4.52 Å². The molecule has 2 aromatic carbocycles. The highest BCUT2D eigenvalue weighted by Gasteiger charge is 2.21. The van der Waals surface area contributed by atoms with Crippen LogP contribution in [-0.4, -0.2) is 5.16 Å². The molecule has 0 atom stereocenters. The number of hydrogen-bond donors (Lipinski definition) is 0. The second-order valence-corrected chi connectivity index (χ2v) is 6.16. The molecule has 0 aliphatic carbocycles. The summed E-state index contributed by atoms with van der Waals surface area (Å²) >= 11 is 0. The summed E-state index contributed by atoms with van der Waals surface area (Å²) in [4.78, 5) is 0. The first-order valence-electron chi connectivity index (χ1n) is 7.70. The summed E-state index contributed by atoms with van der Waals surface area (Å²) in [5, 5.41) is 4.36. The van der Waals surface area contributed by atoms with Crippen LogP contribution in [0, 0.1) is 13.8 Å².